The van der Waals surface area contributed by atoms with E-state index in [1.165, 1.54) is 0 Å². The molecular formula is C21H15BrN4OS. The molecular weight excluding hydrogens is 436 g/mol. The van der Waals surface area contributed by atoms with Gasteiger partial charge in [-0.2, -0.15) is 5.26 Å². The normalized spacial score (nSPS) is 10.7. The van der Waals surface area contributed by atoms with Crippen LogP contribution in [0.3, 0.4) is 0 Å². The van der Waals surface area contributed by atoms with Crippen molar-refractivity contribution in [3.05, 3.63) is 88.1 Å². The number of furan rings is 1. The lowest BCUT2D eigenvalue weighted by atomic mass is 10.1. The van der Waals surface area contributed by atoms with Crippen LogP contribution in [0, 0.1) is 11.3 Å². The highest BCUT2D eigenvalue weighted by molar-refractivity contribution is 9.10. The second kappa shape index (κ2) is 8.46. The molecule has 5 nitrogen and oxygen atoms in total. The fourth-order valence-electron chi connectivity index (χ4n) is 2.82. The van der Waals surface area contributed by atoms with E-state index >= 15 is 0 Å². The molecule has 28 heavy (non-hydrogen) atoms. The second-order valence-corrected chi connectivity index (χ2v) is 7.76. The maximum atomic E-state index is 9.31. The first kappa shape index (κ1) is 18.5. The highest BCUT2D eigenvalue weighted by Gasteiger charge is 2.18. The summed E-state index contributed by atoms with van der Waals surface area (Å²) >= 11 is 4.90. The predicted molar refractivity (Wildman–Crippen MR) is 112 cm³/mol. The van der Waals surface area contributed by atoms with Gasteiger partial charge in [-0.05, 0) is 45.3 Å². The predicted octanol–water partition coefficient (Wildman–Crippen LogP) is 5.51. The van der Waals surface area contributed by atoms with E-state index in [-0.39, 0.29) is 0 Å². The summed E-state index contributed by atoms with van der Waals surface area (Å²) in [5.74, 6) is 1.96. The molecule has 7 heteroatoms. The Labute approximate surface area is 175 Å². The SMILES string of the molecule is N#Cc1ccccc1CSc1nnc(-c2ccc(Br)o2)n1Cc1ccccc1. The van der Waals surface area contributed by atoms with Gasteiger partial charge in [-0.25, -0.2) is 0 Å². The zero-order valence-electron chi connectivity index (χ0n) is 14.7. The van der Waals surface area contributed by atoms with E-state index in [1.54, 1.807) is 11.8 Å². The first-order valence-electron chi connectivity index (χ1n) is 8.58. The maximum Gasteiger partial charge on any atom is 0.200 e. The molecule has 2 heterocycles. The molecule has 0 aliphatic rings. The Balaban J connectivity index is 1.66. The lowest BCUT2D eigenvalue weighted by Gasteiger charge is -2.10. The van der Waals surface area contributed by atoms with Crippen LogP contribution in [0.25, 0.3) is 11.6 Å². The van der Waals surface area contributed by atoms with Crippen molar-refractivity contribution in [2.75, 3.05) is 0 Å². The highest BCUT2D eigenvalue weighted by Crippen LogP contribution is 2.30. The van der Waals surface area contributed by atoms with E-state index < -0.39 is 0 Å². The summed E-state index contributed by atoms with van der Waals surface area (Å²) in [6.45, 7) is 0.629. The van der Waals surface area contributed by atoms with Gasteiger partial charge in [0.25, 0.3) is 0 Å². The third-order valence-corrected chi connectivity index (χ3v) is 5.63. The van der Waals surface area contributed by atoms with Crippen LogP contribution >= 0.6 is 27.7 Å². The van der Waals surface area contributed by atoms with Crippen LogP contribution < -0.4 is 0 Å². The van der Waals surface area contributed by atoms with Crippen molar-refractivity contribution in [2.24, 2.45) is 0 Å². The number of hydrogen-bond acceptors (Lipinski definition) is 5. The van der Waals surface area contributed by atoms with Gasteiger partial charge < -0.3 is 4.42 Å². The van der Waals surface area contributed by atoms with Gasteiger partial charge >= 0.3 is 0 Å². The average Bonchev–Trinajstić information content (AvgIpc) is 3.33. The van der Waals surface area contributed by atoms with E-state index in [2.05, 4.69) is 44.3 Å². The smallest absolute Gasteiger partial charge is 0.200 e. The summed E-state index contributed by atoms with van der Waals surface area (Å²) in [4.78, 5) is 0. The molecule has 0 bridgehead atoms. The van der Waals surface area contributed by atoms with E-state index in [1.807, 2.05) is 59.2 Å². The number of rotatable bonds is 6. The van der Waals surface area contributed by atoms with Gasteiger partial charge in [0.05, 0.1) is 18.2 Å². The highest BCUT2D eigenvalue weighted by atomic mass is 79.9. The van der Waals surface area contributed by atoms with Crippen molar-refractivity contribution in [3.63, 3.8) is 0 Å². The minimum Gasteiger partial charge on any atom is -0.446 e. The minimum absolute atomic E-state index is 0.629. The molecule has 0 aliphatic heterocycles. The van der Waals surface area contributed by atoms with E-state index in [0.29, 0.717) is 34.1 Å². The van der Waals surface area contributed by atoms with Crippen molar-refractivity contribution in [2.45, 2.75) is 17.5 Å². The maximum absolute atomic E-state index is 9.31. The van der Waals surface area contributed by atoms with Gasteiger partial charge in [0.15, 0.2) is 15.6 Å². The second-order valence-electron chi connectivity index (χ2n) is 6.04. The minimum atomic E-state index is 0.629. The van der Waals surface area contributed by atoms with Gasteiger partial charge in [-0.1, -0.05) is 60.3 Å². The molecule has 0 N–H and O–H groups in total. The summed E-state index contributed by atoms with van der Waals surface area (Å²) < 4.78 is 8.39. The molecule has 0 aliphatic carbocycles. The van der Waals surface area contributed by atoms with Crippen molar-refractivity contribution < 1.29 is 4.42 Å². The zero-order chi connectivity index (χ0) is 19.3. The molecule has 0 fully saturated rings. The first-order valence-corrected chi connectivity index (χ1v) is 10.4. The lowest BCUT2D eigenvalue weighted by molar-refractivity contribution is 0.545. The molecule has 4 aromatic rings. The van der Waals surface area contributed by atoms with Gasteiger partial charge in [-0.3, -0.25) is 4.57 Å². The van der Waals surface area contributed by atoms with Gasteiger partial charge in [0.2, 0.25) is 5.82 Å². The Hall–Kier alpha value is -2.82. The number of benzene rings is 2. The van der Waals surface area contributed by atoms with Crippen molar-refractivity contribution in [1.29, 1.82) is 5.26 Å². The molecule has 4 rings (SSSR count). The Morgan fingerprint density at radius 1 is 1.00 bits per heavy atom. The van der Waals surface area contributed by atoms with Crippen LogP contribution in [0.15, 0.2) is 81.0 Å². The lowest BCUT2D eigenvalue weighted by Crippen LogP contribution is -2.04. The number of thioether (sulfide) groups is 1. The summed E-state index contributed by atoms with van der Waals surface area (Å²) in [6.07, 6.45) is 0. The Bertz CT molecular complexity index is 1130. The number of nitriles is 1. The van der Waals surface area contributed by atoms with Crippen LogP contribution in [0.1, 0.15) is 16.7 Å². The van der Waals surface area contributed by atoms with Crippen LogP contribution in [0.2, 0.25) is 0 Å². The van der Waals surface area contributed by atoms with Gasteiger partial charge in [0, 0.05) is 5.75 Å². The third kappa shape index (κ3) is 4.03. The van der Waals surface area contributed by atoms with E-state index in [4.69, 9.17) is 4.42 Å². The van der Waals surface area contributed by atoms with Crippen LogP contribution in [0.4, 0.5) is 0 Å². The standard InChI is InChI=1S/C21H15BrN4OS/c22-19-11-10-18(27-19)20-24-25-21(26(20)13-15-6-2-1-3-7-15)28-14-17-9-5-4-8-16(17)12-23/h1-11H,13-14H2. The van der Waals surface area contributed by atoms with Gasteiger partial charge in [-0.15, -0.1) is 10.2 Å². The third-order valence-electron chi connectivity index (χ3n) is 4.19. The summed E-state index contributed by atoms with van der Waals surface area (Å²) in [5.41, 5.74) is 2.80. The van der Waals surface area contributed by atoms with Crippen LogP contribution in [0.5, 0.6) is 0 Å². The van der Waals surface area contributed by atoms with E-state index in [9.17, 15) is 5.26 Å². The topological polar surface area (TPSA) is 67.6 Å². The van der Waals surface area contributed by atoms with E-state index in [0.717, 1.165) is 16.3 Å². The first-order chi connectivity index (χ1) is 13.7. The fraction of sp³-hybridized carbons (Fsp3) is 0.0952. The molecule has 0 amide bonds. The summed E-state index contributed by atoms with van der Waals surface area (Å²) in [7, 11) is 0. The molecule has 2 aromatic heterocycles. The molecule has 2 aromatic carbocycles. The molecule has 0 spiro atoms. The Morgan fingerprint density at radius 2 is 1.79 bits per heavy atom. The van der Waals surface area contributed by atoms with Gasteiger partial charge in [0.1, 0.15) is 0 Å². The molecule has 0 unspecified atom stereocenters. The summed E-state index contributed by atoms with van der Waals surface area (Å²) in [6, 6.07) is 23.7. The molecule has 0 radical (unpaired) electrons. The zero-order valence-corrected chi connectivity index (χ0v) is 17.2. The summed E-state index contributed by atoms with van der Waals surface area (Å²) in [5, 5.41) is 18.8. The molecule has 0 saturated heterocycles. The number of halogens is 1. The Morgan fingerprint density at radius 3 is 2.54 bits per heavy atom. The molecule has 0 atom stereocenters. The van der Waals surface area contributed by atoms with Crippen molar-refractivity contribution in [3.8, 4) is 17.7 Å². The average molecular weight is 451 g/mol. The monoisotopic (exact) mass is 450 g/mol. The van der Waals surface area contributed by atoms with Crippen LogP contribution in [-0.4, -0.2) is 14.8 Å². The number of hydrogen-bond donors (Lipinski definition) is 0. The molecule has 0 saturated carbocycles. The quantitative estimate of drug-likeness (QED) is 0.362. The molecule has 138 valence electrons. The van der Waals surface area contributed by atoms with Crippen molar-refractivity contribution in [1.82, 2.24) is 14.8 Å². The van der Waals surface area contributed by atoms with Crippen LogP contribution in [-0.2, 0) is 12.3 Å². The largest absolute Gasteiger partial charge is 0.446 e. The number of aromatic nitrogens is 3. The number of nitrogens with zero attached hydrogens (tertiary/aromatic N) is 4. The van der Waals surface area contributed by atoms with Crippen molar-refractivity contribution >= 4 is 27.7 Å². The Kier molecular flexibility index (Phi) is 5.60. The fourth-order valence-corrected chi connectivity index (χ4v) is 4.07.